The van der Waals surface area contributed by atoms with Crippen molar-refractivity contribution in [1.29, 1.82) is 0 Å². The SMILES string of the molecule is Ic1cccc(-c2cccc(-n3cccn3)c2)c1. The molecule has 2 aromatic carbocycles. The summed E-state index contributed by atoms with van der Waals surface area (Å²) in [6, 6.07) is 18.8. The highest BCUT2D eigenvalue weighted by Crippen LogP contribution is 2.23. The first-order chi connectivity index (χ1) is 8.83. The molecule has 0 saturated heterocycles. The summed E-state index contributed by atoms with van der Waals surface area (Å²) in [5.74, 6) is 0. The number of nitrogens with zero attached hydrogens (tertiary/aromatic N) is 2. The molecule has 0 aliphatic heterocycles. The van der Waals surface area contributed by atoms with Crippen LogP contribution in [0.1, 0.15) is 0 Å². The van der Waals surface area contributed by atoms with Crippen molar-refractivity contribution in [2.24, 2.45) is 0 Å². The van der Waals surface area contributed by atoms with Crippen LogP contribution in [0, 0.1) is 3.57 Å². The fraction of sp³-hybridized carbons (Fsp3) is 0. The van der Waals surface area contributed by atoms with Gasteiger partial charge in [0, 0.05) is 16.0 Å². The highest BCUT2D eigenvalue weighted by Gasteiger charge is 2.01. The van der Waals surface area contributed by atoms with E-state index in [-0.39, 0.29) is 0 Å². The van der Waals surface area contributed by atoms with Crippen LogP contribution >= 0.6 is 22.6 Å². The topological polar surface area (TPSA) is 17.8 Å². The minimum atomic E-state index is 1.08. The monoisotopic (exact) mass is 346 g/mol. The minimum Gasteiger partial charge on any atom is -0.241 e. The lowest BCUT2D eigenvalue weighted by molar-refractivity contribution is 0.881. The molecule has 0 amide bonds. The number of hydrogen-bond acceptors (Lipinski definition) is 1. The van der Waals surface area contributed by atoms with Crippen molar-refractivity contribution in [3.63, 3.8) is 0 Å². The Morgan fingerprint density at radius 2 is 1.67 bits per heavy atom. The summed E-state index contributed by atoms with van der Waals surface area (Å²) in [6.07, 6.45) is 3.74. The van der Waals surface area contributed by atoms with Gasteiger partial charge < -0.3 is 0 Å². The van der Waals surface area contributed by atoms with Crippen molar-refractivity contribution < 1.29 is 0 Å². The molecule has 0 unspecified atom stereocenters. The third-order valence-corrected chi connectivity index (χ3v) is 3.44. The average molecular weight is 346 g/mol. The van der Waals surface area contributed by atoms with E-state index in [0.717, 1.165) is 5.69 Å². The maximum absolute atomic E-state index is 4.25. The van der Waals surface area contributed by atoms with E-state index in [4.69, 9.17) is 0 Å². The smallest absolute Gasteiger partial charge is 0.0651 e. The van der Waals surface area contributed by atoms with Crippen LogP contribution in [0.15, 0.2) is 67.0 Å². The first-order valence-corrected chi connectivity index (χ1v) is 6.77. The summed E-state index contributed by atoms with van der Waals surface area (Å²) >= 11 is 2.33. The molecule has 1 heterocycles. The lowest BCUT2D eigenvalue weighted by atomic mass is 10.1. The van der Waals surface area contributed by atoms with Crippen molar-refractivity contribution in [2.75, 3.05) is 0 Å². The van der Waals surface area contributed by atoms with Gasteiger partial charge in [-0.05, 0) is 64.0 Å². The lowest BCUT2D eigenvalue weighted by Gasteiger charge is -2.06. The molecule has 0 fully saturated rings. The van der Waals surface area contributed by atoms with Crippen LogP contribution in [-0.4, -0.2) is 9.78 Å². The molecule has 0 aliphatic rings. The molecule has 0 radical (unpaired) electrons. The summed E-state index contributed by atoms with van der Waals surface area (Å²) in [6.45, 7) is 0. The third kappa shape index (κ3) is 2.31. The summed E-state index contributed by atoms with van der Waals surface area (Å²) < 4.78 is 3.12. The molecule has 18 heavy (non-hydrogen) atoms. The maximum atomic E-state index is 4.25. The summed E-state index contributed by atoms with van der Waals surface area (Å²) in [5, 5.41) is 4.25. The van der Waals surface area contributed by atoms with E-state index in [9.17, 15) is 0 Å². The van der Waals surface area contributed by atoms with E-state index < -0.39 is 0 Å². The van der Waals surface area contributed by atoms with Gasteiger partial charge in [0.1, 0.15) is 0 Å². The van der Waals surface area contributed by atoms with Crippen LogP contribution in [0.4, 0.5) is 0 Å². The van der Waals surface area contributed by atoms with E-state index in [1.165, 1.54) is 14.7 Å². The number of benzene rings is 2. The van der Waals surface area contributed by atoms with Gasteiger partial charge in [0.2, 0.25) is 0 Å². The summed E-state index contributed by atoms with van der Waals surface area (Å²) in [5.41, 5.74) is 3.52. The van der Waals surface area contributed by atoms with E-state index in [0.29, 0.717) is 0 Å². The molecule has 0 aliphatic carbocycles. The molecule has 0 atom stereocenters. The molecule has 3 rings (SSSR count). The molecule has 3 heteroatoms. The fourth-order valence-electron chi connectivity index (χ4n) is 1.92. The Hall–Kier alpha value is -1.62. The Labute approximate surface area is 119 Å². The molecular weight excluding hydrogens is 335 g/mol. The van der Waals surface area contributed by atoms with Crippen LogP contribution in [0.2, 0.25) is 0 Å². The van der Waals surface area contributed by atoms with Crippen LogP contribution in [0.25, 0.3) is 16.8 Å². The van der Waals surface area contributed by atoms with Gasteiger partial charge in [-0.2, -0.15) is 5.10 Å². The maximum Gasteiger partial charge on any atom is 0.0651 e. The van der Waals surface area contributed by atoms with Gasteiger partial charge in [-0.1, -0.05) is 24.3 Å². The van der Waals surface area contributed by atoms with Crippen molar-refractivity contribution in [3.8, 4) is 16.8 Å². The largest absolute Gasteiger partial charge is 0.241 e. The predicted octanol–water partition coefficient (Wildman–Crippen LogP) is 4.14. The Morgan fingerprint density at radius 1 is 0.889 bits per heavy atom. The van der Waals surface area contributed by atoms with Gasteiger partial charge in [-0.3, -0.25) is 0 Å². The second-order valence-electron chi connectivity index (χ2n) is 4.01. The Morgan fingerprint density at radius 3 is 2.39 bits per heavy atom. The number of aromatic nitrogens is 2. The molecule has 0 spiro atoms. The van der Waals surface area contributed by atoms with Crippen molar-refractivity contribution in [3.05, 3.63) is 70.6 Å². The number of hydrogen-bond donors (Lipinski definition) is 0. The van der Waals surface area contributed by atoms with E-state index in [1.54, 1.807) is 6.20 Å². The molecular formula is C15H11IN2. The lowest BCUT2D eigenvalue weighted by Crippen LogP contribution is -1.94. The van der Waals surface area contributed by atoms with Crippen LogP contribution < -0.4 is 0 Å². The molecule has 2 nitrogen and oxygen atoms in total. The van der Waals surface area contributed by atoms with Crippen LogP contribution in [0.5, 0.6) is 0 Å². The first kappa shape index (κ1) is 11.5. The Balaban J connectivity index is 2.06. The summed E-state index contributed by atoms with van der Waals surface area (Å²) in [7, 11) is 0. The van der Waals surface area contributed by atoms with Gasteiger partial charge in [-0.15, -0.1) is 0 Å². The van der Waals surface area contributed by atoms with Gasteiger partial charge in [0.25, 0.3) is 0 Å². The quantitative estimate of drug-likeness (QED) is 0.638. The van der Waals surface area contributed by atoms with E-state index in [1.807, 2.05) is 16.9 Å². The average Bonchev–Trinajstić information content (AvgIpc) is 2.93. The standard InChI is InChI=1S/C15H11IN2/c16-14-6-1-4-12(10-14)13-5-2-7-15(11-13)18-9-3-8-17-18/h1-11H. The zero-order valence-electron chi connectivity index (χ0n) is 9.62. The molecule has 88 valence electrons. The molecule has 1 aromatic heterocycles. The van der Waals surface area contributed by atoms with Crippen LogP contribution in [-0.2, 0) is 0 Å². The third-order valence-electron chi connectivity index (χ3n) is 2.77. The predicted molar refractivity (Wildman–Crippen MR) is 81.7 cm³/mol. The van der Waals surface area contributed by atoms with Crippen LogP contribution in [0.3, 0.4) is 0 Å². The number of halogens is 1. The minimum absolute atomic E-state index is 1.08. The van der Waals surface area contributed by atoms with Gasteiger partial charge in [0.15, 0.2) is 0 Å². The van der Waals surface area contributed by atoms with E-state index in [2.05, 4.69) is 76.2 Å². The molecule has 0 bridgehead atoms. The van der Waals surface area contributed by atoms with Crippen molar-refractivity contribution in [2.45, 2.75) is 0 Å². The number of rotatable bonds is 2. The van der Waals surface area contributed by atoms with Gasteiger partial charge in [-0.25, -0.2) is 4.68 Å². The molecule has 0 saturated carbocycles. The van der Waals surface area contributed by atoms with Crippen molar-refractivity contribution >= 4 is 22.6 Å². The second-order valence-corrected chi connectivity index (χ2v) is 5.26. The zero-order valence-corrected chi connectivity index (χ0v) is 11.8. The fourth-order valence-corrected chi connectivity index (χ4v) is 2.46. The second kappa shape index (κ2) is 4.94. The summed E-state index contributed by atoms with van der Waals surface area (Å²) in [4.78, 5) is 0. The highest BCUT2D eigenvalue weighted by molar-refractivity contribution is 14.1. The molecule has 0 N–H and O–H groups in total. The first-order valence-electron chi connectivity index (χ1n) is 5.69. The van der Waals surface area contributed by atoms with Gasteiger partial charge >= 0.3 is 0 Å². The Kier molecular flexibility index (Phi) is 3.15. The Bertz CT molecular complexity index is 660. The van der Waals surface area contributed by atoms with Gasteiger partial charge in [0.05, 0.1) is 5.69 Å². The highest BCUT2D eigenvalue weighted by atomic mass is 127. The zero-order chi connectivity index (χ0) is 12.4. The van der Waals surface area contributed by atoms with Crippen molar-refractivity contribution in [1.82, 2.24) is 9.78 Å². The molecule has 3 aromatic rings. The van der Waals surface area contributed by atoms with E-state index >= 15 is 0 Å². The normalized spacial score (nSPS) is 10.5.